The molecule has 0 saturated heterocycles. The van der Waals surface area contributed by atoms with E-state index in [0.29, 0.717) is 5.15 Å². The van der Waals surface area contributed by atoms with E-state index >= 15 is 0 Å². The number of aryl methyl sites for hydroxylation is 1. The standard InChI is InChI=1S/C9H12ClNO/c1-12-6-2-3-8-4-5-9(10)11-7-8/h4-5,7H,2-3,6H2,1H3. The number of halogens is 1. The van der Waals surface area contributed by atoms with Gasteiger partial charge in [0.2, 0.25) is 0 Å². The average Bonchev–Trinajstić information content (AvgIpc) is 2.09. The van der Waals surface area contributed by atoms with E-state index in [9.17, 15) is 0 Å². The van der Waals surface area contributed by atoms with Crippen molar-refractivity contribution in [3.63, 3.8) is 0 Å². The Hall–Kier alpha value is -0.600. The molecule has 2 nitrogen and oxygen atoms in total. The van der Waals surface area contributed by atoms with Gasteiger partial charge in [0.25, 0.3) is 0 Å². The first kappa shape index (κ1) is 9.49. The second-order valence-corrected chi connectivity index (χ2v) is 2.97. The molecule has 0 N–H and O–H groups in total. The highest BCUT2D eigenvalue weighted by Crippen LogP contribution is 2.06. The van der Waals surface area contributed by atoms with Crippen molar-refractivity contribution in [2.45, 2.75) is 12.8 Å². The summed E-state index contributed by atoms with van der Waals surface area (Å²) in [7, 11) is 1.71. The van der Waals surface area contributed by atoms with Crippen molar-refractivity contribution in [3.05, 3.63) is 29.0 Å². The highest BCUT2D eigenvalue weighted by molar-refractivity contribution is 6.29. The maximum Gasteiger partial charge on any atom is 0.129 e. The van der Waals surface area contributed by atoms with Crippen LogP contribution in [0.25, 0.3) is 0 Å². The molecule has 0 radical (unpaired) electrons. The van der Waals surface area contributed by atoms with Crippen LogP contribution in [0.1, 0.15) is 12.0 Å². The number of aromatic nitrogens is 1. The molecule has 1 aromatic rings. The molecule has 0 aliphatic heterocycles. The van der Waals surface area contributed by atoms with Crippen molar-refractivity contribution < 1.29 is 4.74 Å². The summed E-state index contributed by atoms with van der Waals surface area (Å²) < 4.78 is 4.94. The van der Waals surface area contributed by atoms with Crippen molar-refractivity contribution in [2.24, 2.45) is 0 Å². The molecule has 1 aromatic heterocycles. The molecule has 0 aliphatic rings. The van der Waals surface area contributed by atoms with Crippen LogP contribution in [0.15, 0.2) is 18.3 Å². The summed E-state index contributed by atoms with van der Waals surface area (Å²) in [4.78, 5) is 3.98. The van der Waals surface area contributed by atoms with Gasteiger partial charge < -0.3 is 4.74 Å². The van der Waals surface area contributed by atoms with Gasteiger partial charge in [0.15, 0.2) is 0 Å². The molecule has 12 heavy (non-hydrogen) atoms. The van der Waals surface area contributed by atoms with E-state index in [1.807, 2.05) is 12.1 Å². The smallest absolute Gasteiger partial charge is 0.129 e. The van der Waals surface area contributed by atoms with Gasteiger partial charge in [-0.1, -0.05) is 17.7 Å². The second kappa shape index (κ2) is 5.12. The molecule has 0 atom stereocenters. The Morgan fingerprint density at radius 1 is 1.50 bits per heavy atom. The summed E-state index contributed by atoms with van der Waals surface area (Å²) in [5.41, 5.74) is 1.21. The average molecular weight is 186 g/mol. The molecule has 0 saturated carbocycles. The number of methoxy groups -OCH3 is 1. The third-order valence-electron chi connectivity index (χ3n) is 1.60. The highest BCUT2D eigenvalue weighted by atomic mass is 35.5. The zero-order valence-electron chi connectivity index (χ0n) is 7.09. The Kier molecular flexibility index (Phi) is 4.05. The first-order valence-electron chi connectivity index (χ1n) is 3.92. The van der Waals surface area contributed by atoms with Crippen molar-refractivity contribution in [1.82, 2.24) is 4.98 Å². The minimum absolute atomic E-state index is 0.547. The Labute approximate surface area is 77.5 Å². The molecule has 0 fully saturated rings. The Morgan fingerprint density at radius 3 is 2.92 bits per heavy atom. The van der Waals surface area contributed by atoms with Gasteiger partial charge >= 0.3 is 0 Å². The van der Waals surface area contributed by atoms with Gasteiger partial charge in [0.1, 0.15) is 5.15 Å². The van der Waals surface area contributed by atoms with Crippen LogP contribution < -0.4 is 0 Å². The van der Waals surface area contributed by atoms with E-state index in [1.165, 1.54) is 5.56 Å². The molecule has 66 valence electrons. The number of rotatable bonds is 4. The summed E-state index contributed by atoms with van der Waals surface area (Å²) in [6, 6.07) is 3.80. The first-order valence-corrected chi connectivity index (χ1v) is 4.30. The molecule has 0 aliphatic carbocycles. The normalized spacial score (nSPS) is 10.2. The van der Waals surface area contributed by atoms with Crippen LogP contribution in [-0.2, 0) is 11.2 Å². The van der Waals surface area contributed by atoms with Gasteiger partial charge in [0, 0.05) is 19.9 Å². The highest BCUT2D eigenvalue weighted by Gasteiger charge is 1.93. The number of pyridine rings is 1. The van der Waals surface area contributed by atoms with E-state index in [4.69, 9.17) is 16.3 Å². The molecular formula is C9H12ClNO. The van der Waals surface area contributed by atoms with Crippen LogP contribution in [0, 0.1) is 0 Å². The largest absolute Gasteiger partial charge is 0.385 e. The zero-order valence-corrected chi connectivity index (χ0v) is 7.84. The van der Waals surface area contributed by atoms with Gasteiger partial charge in [-0.15, -0.1) is 0 Å². The van der Waals surface area contributed by atoms with Gasteiger partial charge in [-0.05, 0) is 24.5 Å². The minimum Gasteiger partial charge on any atom is -0.385 e. The third kappa shape index (κ3) is 3.20. The molecular weight excluding hydrogens is 174 g/mol. The van der Waals surface area contributed by atoms with Gasteiger partial charge in [-0.2, -0.15) is 0 Å². The second-order valence-electron chi connectivity index (χ2n) is 2.59. The Morgan fingerprint density at radius 2 is 2.33 bits per heavy atom. The van der Waals surface area contributed by atoms with E-state index < -0.39 is 0 Å². The fraction of sp³-hybridized carbons (Fsp3) is 0.444. The summed E-state index contributed by atoms with van der Waals surface area (Å²) in [6.45, 7) is 0.794. The van der Waals surface area contributed by atoms with Crippen molar-refractivity contribution in [1.29, 1.82) is 0 Å². The van der Waals surface area contributed by atoms with Gasteiger partial charge in [0.05, 0.1) is 0 Å². The molecule has 0 spiro atoms. The number of hydrogen-bond acceptors (Lipinski definition) is 2. The fourth-order valence-corrected chi connectivity index (χ4v) is 1.09. The fourth-order valence-electron chi connectivity index (χ4n) is 0.975. The quantitative estimate of drug-likeness (QED) is 0.531. The summed E-state index contributed by atoms with van der Waals surface area (Å²) in [6.07, 6.45) is 3.83. The van der Waals surface area contributed by atoms with Gasteiger partial charge in [-0.25, -0.2) is 4.98 Å². The molecule has 1 rings (SSSR count). The lowest BCUT2D eigenvalue weighted by Crippen LogP contribution is -1.92. The van der Waals surface area contributed by atoms with Crippen LogP contribution in [0.5, 0.6) is 0 Å². The molecule has 0 unspecified atom stereocenters. The van der Waals surface area contributed by atoms with Crippen LogP contribution in [0.4, 0.5) is 0 Å². The van der Waals surface area contributed by atoms with Crippen molar-refractivity contribution >= 4 is 11.6 Å². The molecule has 0 amide bonds. The number of ether oxygens (including phenoxy) is 1. The monoisotopic (exact) mass is 185 g/mol. The van der Waals surface area contributed by atoms with Crippen LogP contribution in [0.3, 0.4) is 0 Å². The predicted molar refractivity (Wildman–Crippen MR) is 49.4 cm³/mol. The van der Waals surface area contributed by atoms with Crippen LogP contribution >= 0.6 is 11.6 Å². The van der Waals surface area contributed by atoms with E-state index in [-0.39, 0.29) is 0 Å². The minimum atomic E-state index is 0.547. The zero-order chi connectivity index (χ0) is 8.81. The third-order valence-corrected chi connectivity index (χ3v) is 1.83. The number of hydrogen-bond donors (Lipinski definition) is 0. The molecule has 3 heteroatoms. The number of nitrogens with zero attached hydrogens (tertiary/aromatic N) is 1. The summed E-state index contributed by atoms with van der Waals surface area (Å²) in [5, 5.41) is 0.547. The van der Waals surface area contributed by atoms with Crippen molar-refractivity contribution in [2.75, 3.05) is 13.7 Å². The summed E-state index contributed by atoms with van der Waals surface area (Å²) >= 11 is 5.64. The molecule has 1 heterocycles. The maximum atomic E-state index is 5.64. The Balaban J connectivity index is 2.37. The lowest BCUT2D eigenvalue weighted by atomic mass is 10.2. The predicted octanol–water partition coefficient (Wildman–Crippen LogP) is 2.31. The molecule has 0 bridgehead atoms. The maximum absolute atomic E-state index is 5.64. The van der Waals surface area contributed by atoms with Crippen LogP contribution in [-0.4, -0.2) is 18.7 Å². The first-order chi connectivity index (χ1) is 5.83. The topological polar surface area (TPSA) is 22.1 Å². The lowest BCUT2D eigenvalue weighted by Gasteiger charge is -1.99. The summed E-state index contributed by atoms with van der Waals surface area (Å²) in [5.74, 6) is 0. The molecule has 0 aromatic carbocycles. The van der Waals surface area contributed by atoms with Gasteiger partial charge in [-0.3, -0.25) is 0 Å². The van der Waals surface area contributed by atoms with Crippen LogP contribution in [0.2, 0.25) is 5.15 Å². The van der Waals surface area contributed by atoms with E-state index in [0.717, 1.165) is 19.4 Å². The van der Waals surface area contributed by atoms with Crippen molar-refractivity contribution in [3.8, 4) is 0 Å². The van der Waals surface area contributed by atoms with E-state index in [1.54, 1.807) is 13.3 Å². The van der Waals surface area contributed by atoms with E-state index in [2.05, 4.69) is 4.98 Å². The Bertz CT molecular complexity index is 222. The SMILES string of the molecule is COCCCc1ccc(Cl)nc1. The lowest BCUT2D eigenvalue weighted by molar-refractivity contribution is 0.195.